The van der Waals surface area contributed by atoms with Crippen LogP contribution in [0.2, 0.25) is 0 Å². The number of rotatable bonds is 8. The van der Waals surface area contributed by atoms with Gasteiger partial charge in [0.25, 0.3) is 5.91 Å². The first kappa shape index (κ1) is 21.5. The molecule has 0 aromatic heterocycles. The number of carboxylic acid groups (broad SMARTS) is 1. The first-order valence-corrected chi connectivity index (χ1v) is 8.99. The standard InChI is InChI=1S/C22H22N2O5/c1-4-14(2)29-19-9-8-15(11-20(19)28-3)10-17(13-23)21(25)24-18-7-5-6-16(12-18)22(26)27/h5-12,14H,4H2,1-3H3,(H,24,25)(H,26,27)/b17-10-/t14-/m1/s1. The van der Waals surface area contributed by atoms with E-state index < -0.39 is 11.9 Å². The highest BCUT2D eigenvalue weighted by Crippen LogP contribution is 2.30. The van der Waals surface area contributed by atoms with Crippen molar-refractivity contribution in [2.24, 2.45) is 0 Å². The van der Waals surface area contributed by atoms with Gasteiger partial charge in [0.05, 0.1) is 18.8 Å². The van der Waals surface area contributed by atoms with Crippen LogP contribution in [0, 0.1) is 11.3 Å². The highest BCUT2D eigenvalue weighted by molar-refractivity contribution is 6.10. The molecule has 0 spiro atoms. The molecule has 2 rings (SSSR count). The Hall–Kier alpha value is -3.79. The van der Waals surface area contributed by atoms with Crippen LogP contribution in [-0.4, -0.2) is 30.2 Å². The fourth-order valence-electron chi connectivity index (χ4n) is 2.42. The summed E-state index contributed by atoms with van der Waals surface area (Å²) >= 11 is 0. The van der Waals surface area contributed by atoms with E-state index in [2.05, 4.69) is 5.32 Å². The summed E-state index contributed by atoms with van der Waals surface area (Å²) in [6.45, 7) is 3.96. The summed E-state index contributed by atoms with van der Waals surface area (Å²) in [4.78, 5) is 23.5. The van der Waals surface area contributed by atoms with Gasteiger partial charge in [0.1, 0.15) is 11.6 Å². The lowest BCUT2D eigenvalue weighted by Crippen LogP contribution is -2.14. The largest absolute Gasteiger partial charge is 0.493 e. The average molecular weight is 394 g/mol. The van der Waals surface area contributed by atoms with Crippen LogP contribution in [0.5, 0.6) is 11.5 Å². The number of anilines is 1. The van der Waals surface area contributed by atoms with Gasteiger partial charge in [-0.25, -0.2) is 4.79 Å². The Balaban J connectivity index is 2.24. The highest BCUT2D eigenvalue weighted by Gasteiger charge is 2.13. The molecule has 0 aliphatic heterocycles. The lowest BCUT2D eigenvalue weighted by molar-refractivity contribution is -0.112. The minimum Gasteiger partial charge on any atom is -0.493 e. The first-order chi connectivity index (χ1) is 13.9. The van der Waals surface area contributed by atoms with Crippen LogP contribution >= 0.6 is 0 Å². The van der Waals surface area contributed by atoms with E-state index in [0.717, 1.165) is 6.42 Å². The maximum absolute atomic E-state index is 12.4. The van der Waals surface area contributed by atoms with Crippen LogP contribution in [0.1, 0.15) is 36.2 Å². The topological polar surface area (TPSA) is 109 Å². The number of amides is 1. The van der Waals surface area contributed by atoms with Crippen LogP contribution in [0.4, 0.5) is 5.69 Å². The maximum Gasteiger partial charge on any atom is 0.335 e. The molecular weight excluding hydrogens is 372 g/mol. The van der Waals surface area contributed by atoms with Crippen molar-refractivity contribution in [3.05, 3.63) is 59.2 Å². The third-order valence-electron chi connectivity index (χ3n) is 4.13. The van der Waals surface area contributed by atoms with Crippen LogP contribution in [0.3, 0.4) is 0 Å². The van der Waals surface area contributed by atoms with Crippen LogP contribution in [0.25, 0.3) is 6.08 Å². The van der Waals surface area contributed by atoms with Gasteiger partial charge in [0.2, 0.25) is 0 Å². The molecule has 2 N–H and O–H groups in total. The van der Waals surface area contributed by atoms with Crippen molar-refractivity contribution in [1.82, 2.24) is 0 Å². The Morgan fingerprint density at radius 3 is 2.62 bits per heavy atom. The number of nitriles is 1. The summed E-state index contributed by atoms with van der Waals surface area (Å²) in [5, 5.41) is 21.0. The van der Waals surface area contributed by atoms with Crippen molar-refractivity contribution < 1.29 is 24.2 Å². The normalized spacial score (nSPS) is 11.9. The molecule has 1 amide bonds. The van der Waals surface area contributed by atoms with Crippen molar-refractivity contribution in [2.75, 3.05) is 12.4 Å². The summed E-state index contributed by atoms with van der Waals surface area (Å²) in [5.74, 6) is -0.684. The Morgan fingerprint density at radius 1 is 1.24 bits per heavy atom. The predicted molar refractivity (Wildman–Crippen MR) is 109 cm³/mol. The van der Waals surface area contributed by atoms with Gasteiger partial charge >= 0.3 is 5.97 Å². The third kappa shape index (κ3) is 5.84. The lowest BCUT2D eigenvalue weighted by atomic mass is 10.1. The summed E-state index contributed by atoms with van der Waals surface area (Å²) in [6, 6.07) is 12.8. The van der Waals surface area contributed by atoms with E-state index in [0.29, 0.717) is 17.1 Å². The number of nitrogens with one attached hydrogen (secondary N) is 1. The van der Waals surface area contributed by atoms with E-state index in [1.807, 2.05) is 19.9 Å². The number of carboxylic acids is 1. The van der Waals surface area contributed by atoms with E-state index in [1.165, 1.54) is 31.4 Å². The highest BCUT2D eigenvalue weighted by atomic mass is 16.5. The van der Waals surface area contributed by atoms with Crippen molar-refractivity contribution in [3.63, 3.8) is 0 Å². The molecule has 0 radical (unpaired) electrons. The third-order valence-corrected chi connectivity index (χ3v) is 4.13. The van der Waals surface area contributed by atoms with Crippen LogP contribution < -0.4 is 14.8 Å². The number of hydrogen-bond acceptors (Lipinski definition) is 5. The van der Waals surface area contributed by atoms with Crippen LogP contribution in [-0.2, 0) is 4.79 Å². The van der Waals surface area contributed by atoms with Gasteiger partial charge < -0.3 is 19.9 Å². The number of ether oxygens (including phenoxy) is 2. The fraction of sp³-hybridized carbons (Fsp3) is 0.227. The summed E-state index contributed by atoms with van der Waals surface area (Å²) in [6.07, 6.45) is 2.28. The molecule has 7 heteroatoms. The second-order valence-corrected chi connectivity index (χ2v) is 6.26. The molecule has 0 saturated heterocycles. The number of hydrogen-bond donors (Lipinski definition) is 2. The van der Waals surface area contributed by atoms with Gasteiger partial charge in [0.15, 0.2) is 11.5 Å². The Kier molecular flexibility index (Phi) is 7.38. The monoisotopic (exact) mass is 394 g/mol. The number of aromatic carboxylic acids is 1. The maximum atomic E-state index is 12.4. The predicted octanol–water partition coefficient (Wildman–Crippen LogP) is 4.12. The molecule has 7 nitrogen and oxygen atoms in total. The molecule has 2 aromatic carbocycles. The molecule has 0 bridgehead atoms. The Labute approximate surface area is 169 Å². The van der Waals surface area contributed by atoms with Crippen LogP contribution in [0.15, 0.2) is 48.0 Å². The van der Waals surface area contributed by atoms with Gasteiger partial charge in [-0.3, -0.25) is 4.79 Å². The number of methoxy groups -OCH3 is 1. The zero-order chi connectivity index (χ0) is 21.4. The molecule has 1 atom stereocenters. The van der Waals surface area contributed by atoms with Crippen molar-refractivity contribution in [1.29, 1.82) is 5.26 Å². The zero-order valence-corrected chi connectivity index (χ0v) is 16.4. The number of carbonyl (C=O) groups is 2. The van der Waals surface area contributed by atoms with Gasteiger partial charge in [-0.05, 0) is 55.3 Å². The molecule has 0 unspecified atom stereocenters. The van der Waals surface area contributed by atoms with Gasteiger partial charge in [0, 0.05) is 5.69 Å². The molecule has 0 aliphatic carbocycles. The first-order valence-electron chi connectivity index (χ1n) is 8.99. The van der Waals surface area contributed by atoms with E-state index in [-0.39, 0.29) is 22.9 Å². The molecule has 0 heterocycles. The quantitative estimate of drug-likeness (QED) is 0.515. The molecule has 150 valence electrons. The van der Waals surface area contributed by atoms with E-state index in [1.54, 1.807) is 24.3 Å². The molecule has 0 saturated carbocycles. The fourth-order valence-corrected chi connectivity index (χ4v) is 2.42. The van der Waals surface area contributed by atoms with E-state index in [9.17, 15) is 14.9 Å². The van der Waals surface area contributed by atoms with Crippen molar-refractivity contribution in [2.45, 2.75) is 26.4 Å². The van der Waals surface area contributed by atoms with Gasteiger partial charge in [-0.15, -0.1) is 0 Å². The molecule has 0 fully saturated rings. The van der Waals surface area contributed by atoms with Crippen molar-refractivity contribution in [3.8, 4) is 17.6 Å². The van der Waals surface area contributed by atoms with Gasteiger partial charge in [-0.1, -0.05) is 19.1 Å². The smallest absolute Gasteiger partial charge is 0.335 e. The summed E-state index contributed by atoms with van der Waals surface area (Å²) in [7, 11) is 1.51. The molecule has 2 aromatic rings. The Morgan fingerprint density at radius 2 is 2.00 bits per heavy atom. The zero-order valence-electron chi connectivity index (χ0n) is 16.4. The number of benzene rings is 2. The average Bonchev–Trinajstić information content (AvgIpc) is 2.72. The molecular formula is C22H22N2O5. The molecule has 0 aliphatic rings. The second-order valence-electron chi connectivity index (χ2n) is 6.26. The number of nitrogens with zero attached hydrogens (tertiary/aromatic N) is 1. The second kappa shape index (κ2) is 9.95. The van der Waals surface area contributed by atoms with Gasteiger partial charge in [-0.2, -0.15) is 5.26 Å². The SMILES string of the molecule is CC[C@@H](C)Oc1ccc(/C=C(/C#N)C(=O)Nc2cccc(C(=O)O)c2)cc1OC. The molecule has 29 heavy (non-hydrogen) atoms. The van der Waals surface area contributed by atoms with E-state index in [4.69, 9.17) is 14.6 Å². The Bertz CT molecular complexity index is 975. The lowest BCUT2D eigenvalue weighted by Gasteiger charge is -2.15. The number of carbonyl (C=O) groups excluding carboxylic acids is 1. The van der Waals surface area contributed by atoms with Crippen molar-refractivity contribution >= 4 is 23.6 Å². The summed E-state index contributed by atoms with van der Waals surface area (Å²) < 4.78 is 11.1. The summed E-state index contributed by atoms with van der Waals surface area (Å²) in [5.41, 5.74) is 0.769. The van der Waals surface area contributed by atoms with E-state index >= 15 is 0 Å². The minimum absolute atomic E-state index is 0.0207. The minimum atomic E-state index is -1.11.